The minimum Gasteiger partial charge on any atom is -0.356 e. The molecule has 0 aliphatic rings. The Balaban J connectivity index is 3.90. The number of carbonyl (C=O) groups excluding carboxylic acids is 2. The van der Waals surface area contributed by atoms with Crippen LogP contribution in [0.3, 0.4) is 0 Å². The van der Waals surface area contributed by atoms with Crippen molar-refractivity contribution in [1.29, 1.82) is 0 Å². The molecule has 0 unspecified atom stereocenters. The van der Waals surface area contributed by atoms with Crippen LogP contribution in [0.15, 0.2) is 0 Å². The van der Waals surface area contributed by atoms with Crippen LogP contribution in [0.5, 0.6) is 0 Å². The summed E-state index contributed by atoms with van der Waals surface area (Å²) >= 11 is 0. The molecule has 0 heterocycles. The molecular formula is C15H31N3O2. The highest BCUT2D eigenvalue weighted by molar-refractivity contribution is 5.79. The van der Waals surface area contributed by atoms with Crippen LogP contribution in [-0.2, 0) is 9.59 Å². The maximum absolute atomic E-state index is 11.8. The SMILES string of the molecule is CC(C)C[C@H](CN)CC(=O)NCCC(=O)NC(C)(C)C. The fourth-order valence-electron chi connectivity index (χ4n) is 2.06. The molecule has 0 bridgehead atoms. The highest BCUT2D eigenvalue weighted by atomic mass is 16.2. The fraction of sp³-hybridized carbons (Fsp3) is 0.867. The standard InChI is InChI=1S/C15H31N3O2/c1-11(2)8-12(10-16)9-14(20)17-7-6-13(19)18-15(3,4)5/h11-12H,6-10,16H2,1-5H3,(H,17,20)(H,18,19)/t12-/m0/s1. The second kappa shape index (κ2) is 8.95. The lowest BCUT2D eigenvalue weighted by Gasteiger charge is -2.20. The number of amides is 2. The van der Waals surface area contributed by atoms with Gasteiger partial charge in [-0.3, -0.25) is 9.59 Å². The van der Waals surface area contributed by atoms with E-state index >= 15 is 0 Å². The van der Waals surface area contributed by atoms with Gasteiger partial charge < -0.3 is 16.4 Å². The first-order chi connectivity index (χ1) is 9.14. The van der Waals surface area contributed by atoms with E-state index in [1.54, 1.807) is 0 Å². The zero-order valence-electron chi connectivity index (χ0n) is 13.6. The van der Waals surface area contributed by atoms with Gasteiger partial charge in [0.1, 0.15) is 0 Å². The van der Waals surface area contributed by atoms with Crippen molar-refractivity contribution in [3.8, 4) is 0 Å². The summed E-state index contributed by atoms with van der Waals surface area (Å²) in [5.41, 5.74) is 5.44. The summed E-state index contributed by atoms with van der Waals surface area (Å²) in [6.45, 7) is 10.9. The van der Waals surface area contributed by atoms with Crippen LogP contribution in [0.1, 0.15) is 53.9 Å². The Labute approximate surface area is 123 Å². The van der Waals surface area contributed by atoms with Gasteiger partial charge in [0.05, 0.1) is 0 Å². The third kappa shape index (κ3) is 10.8. The molecule has 0 aromatic carbocycles. The Kier molecular flexibility index (Phi) is 8.46. The van der Waals surface area contributed by atoms with Crippen molar-refractivity contribution < 1.29 is 9.59 Å². The van der Waals surface area contributed by atoms with Gasteiger partial charge in [-0.25, -0.2) is 0 Å². The highest BCUT2D eigenvalue weighted by Gasteiger charge is 2.15. The van der Waals surface area contributed by atoms with Gasteiger partial charge in [0, 0.05) is 24.9 Å². The number of hydrogen-bond donors (Lipinski definition) is 3. The first-order valence-corrected chi connectivity index (χ1v) is 7.41. The van der Waals surface area contributed by atoms with Gasteiger partial charge in [0.2, 0.25) is 11.8 Å². The summed E-state index contributed by atoms with van der Waals surface area (Å²) in [6.07, 6.45) is 1.70. The summed E-state index contributed by atoms with van der Waals surface area (Å²) < 4.78 is 0. The van der Waals surface area contributed by atoms with Gasteiger partial charge >= 0.3 is 0 Å². The van der Waals surface area contributed by atoms with Crippen LogP contribution in [-0.4, -0.2) is 30.4 Å². The molecule has 0 aromatic rings. The lowest BCUT2D eigenvalue weighted by molar-refractivity contribution is -0.123. The van der Waals surface area contributed by atoms with Crippen LogP contribution in [0, 0.1) is 11.8 Å². The molecule has 0 aliphatic heterocycles. The molecule has 0 rings (SSSR count). The molecule has 0 aromatic heterocycles. The molecule has 0 fully saturated rings. The van der Waals surface area contributed by atoms with Crippen LogP contribution >= 0.6 is 0 Å². The van der Waals surface area contributed by atoms with Crippen molar-refractivity contribution >= 4 is 11.8 Å². The quantitative estimate of drug-likeness (QED) is 0.630. The highest BCUT2D eigenvalue weighted by Crippen LogP contribution is 2.13. The van der Waals surface area contributed by atoms with E-state index < -0.39 is 0 Å². The molecule has 118 valence electrons. The molecule has 0 radical (unpaired) electrons. The summed E-state index contributed by atoms with van der Waals surface area (Å²) in [5, 5.41) is 5.64. The number of rotatable bonds is 8. The van der Waals surface area contributed by atoms with E-state index in [0.717, 1.165) is 6.42 Å². The second-order valence-corrected chi connectivity index (χ2v) is 6.83. The Morgan fingerprint density at radius 2 is 1.75 bits per heavy atom. The van der Waals surface area contributed by atoms with Crippen molar-refractivity contribution in [2.45, 2.75) is 59.4 Å². The van der Waals surface area contributed by atoms with Gasteiger partial charge in [-0.2, -0.15) is 0 Å². The second-order valence-electron chi connectivity index (χ2n) is 6.83. The molecule has 0 spiro atoms. The van der Waals surface area contributed by atoms with E-state index in [1.807, 2.05) is 20.8 Å². The van der Waals surface area contributed by atoms with Crippen LogP contribution < -0.4 is 16.4 Å². The molecule has 0 aliphatic carbocycles. The van der Waals surface area contributed by atoms with E-state index in [4.69, 9.17) is 5.73 Å². The summed E-state index contributed by atoms with van der Waals surface area (Å²) in [7, 11) is 0. The summed E-state index contributed by atoms with van der Waals surface area (Å²) in [4.78, 5) is 23.3. The van der Waals surface area contributed by atoms with Gasteiger partial charge in [-0.15, -0.1) is 0 Å². The zero-order valence-corrected chi connectivity index (χ0v) is 13.6. The van der Waals surface area contributed by atoms with Crippen LogP contribution in [0.25, 0.3) is 0 Å². The Morgan fingerprint density at radius 3 is 2.20 bits per heavy atom. The van der Waals surface area contributed by atoms with Crippen molar-refractivity contribution in [2.75, 3.05) is 13.1 Å². The Bertz CT molecular complexity index is 309. The van der Waals surface area contributed by atoms with Crippen molar-refractivity contribution in [3.05, 3.63) is 0 Å². The maximum atomic E-state index is 11.8. The van der Waals surface area contributed by atoms with Crippen molar-refractivity contribution in [3.63, 3.8) is 0 Å². The topological polar surface area (TPSA) is 84.2 Å². The number of hydrogen-bond acceptors (Lipinski definition) is 3. The first kappa shape index (κ1) is 18.9. The Morgan fingerprint density at radius 1 is 1.15 bits per heavy atom. The summed E-state index contributed by atoms with van der Waals surface area (Å²) in [6, 6.07) is 0. The number of carbonyl (C=O) groups is 2. The molecular weight excluding hydrogens is 254 g/mol. The van der Waals surface area contributed by atoms with Gasteiger partial charge in [-0.05, 0) is 45.6 Å². The average Bonchev–Trinajstić information content (AvgIpc) is 2.24. The predicted molar refractivity (Wildman–Crippen MR) is 82.1 cm³/mol. The molecule has 1 atom stereocenters. The largest absolute Gasteiger partial charge is 0.356 e. The van der Waals surface area contributed by atoms with E-state index in [0.29, 0.717) is 31.8 Å². The van der Waals surface area contributed by atoms with Crippen molar-refractivity contribution in [2.24, 2.45) is 17.6 Å². The van der Waals surface area contributed by atoms with Gasteiger partial charge in [0.15, 0.2) is 0 Å². The monoisotopic (exact) mass is 285 g/mol. The molecule has 0 saturated heterocycles. The Hall–Kier alpha value is -1.10. The lowest BCUT2D eigenvalue weighted by atomic mass is 9.94. The average molecular weight is 285 g/mol. The minimum atomic E-state index is -0.233. The van der Waals surface area contributed by atoms with E-state index in [9.17, 15) is 9.59 Å². The van der Waals surface area contributed by atoms with Crippen molar-refractivity contribution in [1.82, 2.24) is 10.6 Å². The van der Waals surface area contributed by atoms with E-state index in [-0.39, 0.29) is 23.3 Å². The van der Waals surface area contributed by atoms with Gasteiger partial charge in [-0.1, -0.05) is 13.8 Å². The molecule has 20 heavy (non-hydrogen) atoms. The minimum absolute atomic E-state index is 0.0235. The van der Waals surface area contributed by atoms with Crippen LogP contribution in [0.2, 0.25) is 0 Å². The van der Waals surface area contributed by atoms with Crippen LogP contribution in [0.4, 0.5) is 0 Å². The van der Waals surface area contributed by atoms with E-state index in [1.165, 1.54) is 0 Å². The van der Waals surface area contributed by atoms with E-state index in [2.05, 4.69) is 24.5 Å². The molecule has 0 saturated carbocycles. The smallest absolute Gasteiger partial charge is 0.222 e. The van der Waals surface area contributed by atoms with Gasteiger partial charge in [0.25, 0.3) is 0 Å². The molecule has 2 amide bonds. The fourth-order valence-corrected chi connectivity index (χ4v) is 2.06. The normalized spacial score (nSPS) is 13.2. The first-order valence-electron chi connectivity index (χ1n) is 7.41. The zero-order chi connectivity index (χ0) is 15.8. The predicted octanol–water partition coefficient (Wildman–Crippen LogP) is 1.42. The molecule has 5 heteroatoms. The number of nitrogens with two attached hydrogens (primary N) is 1. The third-order valence-electron chi connectivity index (χ3n) is 2.80. The molecule has 5 nitrogen and oxygen atoms in total. The number of nitrogens with one attached hydrogen (secondary N) is 2. The third-order valence-corrected chi connectivity index (χ3v) is 2.80. The summed E-state index contributed by atoms with van der Waals surface area (Å²) in [5.74, 6) is 0.687. The lowest BCUT2D eigenvalue weighted by Crippen LogP contribution is -2.42. The molecule has 4 N–H and O–H groups in total. The maximum Gasteiger partial charge on any atom is 0.222 e.